The number of carbonyl (C=O) groups is 1. The molecule has 2 aromatic carbocycles. The van der Waals surface area contributed by atoms with Crippen molar-refractivity contribution >= 4 is 39.0 Å². The van der Waals surface area contributed by atoms with Gasteiger partial charge in [0.1, 0.15) is 5.58 Å². The zero-order valence-corrected chi connectivity index (χ0v) is 14.9. The summed E-state index contributed by atoms with van der Waals surface area (Å²) in [5, 5.41) is 16.1. The van der Waals surface area contributed by atoms with E-state index in [1.54, 1.807) is 23.6 Å². The maximum absolute atomic E-state index is 12.3. The van der Waals surface area contributed by atoms with E-state index in [2.05, 4.69) is 10.3 Å². The van der Waals surface area contributed by atoms with E-state index in [1.165, 1.54) is 24.3 Å². The van der Waals surface area contributed by atoms with E-state index in [4.69, 9.17) is 4.42 Å². The fourth-order valence-corrected chi connectivity index (χ4v) is 3.33. The lowest BCUT2D eigenvalue weighted by atomic mass is 10.1. The van der Waals surface area contributed by atoms with Crippen molar-refractivity contribution in [3.8, 4) is 11.3 Å². The number of thiazole rings is 1. The Kier molecular flexibility index (Phi) is 4.42. The summed E-state index contributed by atoms with van der Waals surface area (Å²) >= 11 is 1.13. The predicted octanol–water partition coefficient (Wildman–Crippen LogP) is 4.08. The highest BCUT2D eigenvalue weighted by Gasteiger charge is 2.15. The van der Waals surface area contributed by atoms with Gasteiger partial charge in [0.25, 0.3) is 11.6 Å². The van der Waals surface area contributed by atoms with Gasteiger partial charge in [-0.15, -0.1) is 11.3 Å². The third-order valence-electron chi connectivity index (χ3n) is 3.96. The van der Waals surface area contributed by atoms with Crippen LogP contribution >= 0.6 is 11.3 Å². The highest BCUT2D eigenvalue weighted by molar-refractivity contribution is 7.14. The van der Waals surface area contributed by atoms with E-state index in [1.807, 2.05) is 12.1 Å². The molecule has 0 unspecified atom stereocenters. The Labute approximate surface area is 161 Å². The minimum Gasteiger partial charge on any atom is -0.422 e. The number of rotatable bonds is 4. The summed E-state index contributed by atoms with van der Waals surface area (Å²) in [6.07, 6.45) is 0. The Balaban J connectivity index is 1.61. The van der Waals surface area contributed by atoms with Crippen molar-refractivity contribution in [2.45, 2.75) is 0 Å². The van der Waals surface area contributed by atoms with Gasteiger partial charge in [-0.1, -0.05) is 24.3 Å². The Morgan fingerprint density at radius 1 is 1.14 bits per heavy atom. The molecule has 138 valence electrons. The number of carbonyl (C=O) groups excluding carboxylic acids is 1. The van der Waals surface area contributed by atoms with Gasteiger partial charge in [-0.2, -0.15) is 0 Å². The molecule has 0 spiro atoms. The number of aromatic nitrogens is 1. The zero-order valence-electron chi connectivity index (χ0n) is 14.1. The molecule has 8 nitrogen and oxygen atoms in total. The van der Waals surface area contributed by atoms with Crippen LogP contribution in [-0.4, -0.2) is 15.8 Å². The van der Waals surface area contributed by atoms with Crippen LogP contribution in [0.1, 0.15) is 10.4 Å². The standard InChI is InChI=1S/C19H11N3O5S/c23-17(12-5-3-6-13(8-12)22(25)26)21-19-20-15(10-28-19)14-9-11-4-1-2-7-16(11)27-18(14)24/h1-10H,(H,20,21,23). The van der Waals surface area contributed by atoms with Crippen LogP contribution < -0.4 is 10.9 Å². The van der Waals surface area contributed by atoms with Crippen molar-refractivity contribution in [3.05, 3.63) is 86.1 Å². The maximum atomic E-state index is 12.3. The number of nitrogens with one attached hydrogen (secondary N) is 1. The summed E-state index contributed by atoms with van der Waals surface area (Å²) in [4.78, 5) is 39.1. The largest absolute Gasteiger partial charge is 0.422 e. The quantitative estimate of drug-likeness (QED) is 0.317. The number of nitrogens with zero attached hydrogens (tertiary/aromatic N) is 2. The number of nitro benzene ring substituents is 1. The van der Waals surface area contributed by atoms with Gasteiger partial charge in [-0.25, -0.2) is 9.78 Å². The van der Waals surface area contributed by atoms with Crippen LogP contribution in [-0.2, 0) is 0 Å². The molecule has 2 heterocycles. The van der Waals surface area contributed by atoms with Crippen LogP contribution in [0, 0.1) is 10.1 Å². The molecule has 2 aromatic heterocycles. The molecule has 9 heteroatoms. The molecule has 0 aliphatic carbocycles. The maximum Gasteiger partial charge on any atom is 0.345 e. The van der Waals surface area contributed by atoms with Gasteiger partial charge in [-0.3, -0.25) is 20.2 Å². The average molecular weight is 393 g/mol. The number of amides is 1. The van der Waals surface area contributed by atoms with Gasteiger partial charge in [-0.05, 0) is 18.2 Å². The monoisotopic (exact) mass is 393 g/mol. The van der Waals surface area contributed by atoms with E-state index >= 15 is 0 Å². The number of anilines is 1. The fourth-order valence-electron chi connectivity index (χ4n) is 2.63. The first-order valence-electron chi connectivity index (χ1n) is 8.06. The van der Waals surface area contributed by atoms with Crippen LogP contribution in [0.4, 0.5) is 10.8 Å². The third kappa shape index (κ3) is 3.38. The molecule has 1 amide bonds. The first kappa shape index (κ1) is 17.6. The first-order valence-corrected chi connectivity index (χ1v) is 8.94. The van der Waals surface area contributed by atoms with Crippen molar-refractivity contribution in [1.29, 1.82) is 0 Å². The van der Waals surface area contributed by atoms with Gasteiger partial charge in [0.05, 0.1) is 16.2 Å². The number of non-ortho nitro benzene ring substituents is 1. The Morgan fingerprint density at radius 2 is 1.96 bits per heavy atom. The van der Waals surface area contributed by atoms with Gasteiger partial charge in [0.15, 0.2) is 5.13 Å². The summed E-state index contributed by atoms with van der Waals surface area (Å²) in [7, 11) is 0. The third-order valence-corrected chi connectivity index (χ3v) is 4.72. The summed E-state index contributed by atoms with van der Waals surface area (Å²) in [6, 6.07) is 14.2. The average Bonchev–Trinajstić information content (AvgIpc) is 3.15. The first-order chi connectivity index (χ1) is 13.5. The number of benzene rings is 2. The molecule has 4 rings (SSSR count). The second-order valence-electron chi connectivity index (χ2n) is 5.78. The van der Waals surface area contributed by atoms with Crippen molar-refractivity contribution < 1.29 is 14.1 Å². The van der Waals surface area contributed by atoms with Crippen LogP contribution in [0.2, 0.25) is 0 Å². The molecule has 1 N–H and O–H groups in total. The van der Waals surface area contributed by atoms with Crippen LogP contribution in [0.5, 0.6) is 0 Å². The lowest BCUT2D eigenvalue weighted by Crippen LogP contribution is -2.12. The van der Waals surface area contributed by atoms with Crippen molar-refractivity contribution in [3.63, 3.8) is 0 Å². The molecule has 28 heavy (non-hydrogen) atoms. The number of fused-ring (bicyclic) bond motifs is 1. The van der Waals surface area contributed by atoms with Crippen molar-refractivity contribution in [2.24, 2.45) is 0 Å². The molecule has 0 radical (unpaired) electrons. The Hall–Kier alpha value is -3.85. The fraction of sp³-hybridized carbons (Fsp3) is 0. The molecule has 0 aliphatic rings. The summed E-state index contributed by atoms with van der Waals surface area (Å²) < 4.78 is 5.30. The predicted molar refractivity (Wildman–Crippen MR) is 105 cm³/mol. The normalized spacial score (nSPS) is 10.7. The Bertz CT molecular complexity index is 1280. The van der Waals surface area contributed by atoms with Crippen molar-refractivity contribution in [2.75, 3.05) is 5.32 Å². The van der Waals surface area contributed by atoms with Gasteiger partial charge >= 0.3 is 5.63 Å². The summed E-state index contributed by atoms with van der Waals surface area (Å²) in [6.45, 7) is 0. The minimum atomic E-state index is -0.572. The molecule has 0 saturated carbocycles. The topological polar surface area (TPSA) is 115 Å². The van der Waals surface area contributed by atoms with Gasteiger partial charge < -0.3 is 4.42 Å². The number of hydrogen-bond acceptors (Lipinski definition) is 7. The molecule has 0 fully saturated rings. The molecule has 0 bridgehead atoms. The molecule has 4 aromatic rings. The number of hydrogen-bond donors (Lipinski definition) is 1. The van der Waals surface area contributed by atoms with E-state index in [0.717, 1.165) is 16.7 Å². The second-order valence-corrected chi connectivity index (χ2v) is 6.64. The van der Waals surface area contributed by atoms with Crippen molar-refractivity contribution in [1.82, 2.24) is 4.98 Å². The second kappa shape index (κ2) is 7.05. The minimum absolute atomic E-state index is 0.135. The zero-order chi connectivity index (χ0) is 19.7. The Morgan fingerprint density at radius 3 is 2.79 bits per heavy atom. The molecular formula is C19H11N3O5S. The van der Waals surface area contributed by atoms with E-state index < -0.39 is 16.5 Å². The smallest absolute Gasteiger partial charge is 0.345 e. The van der Waals surface area contributed by atoms with Gasteiger partial charge in [0, 0.05) is 28.5 Å². The lowest BCUT2D eigenvalue weighted by Gasteiger charge is -2.02. The molecule has 0 aliphatic heterocycles. The highest BCUT2D eigenvalue weighted by atomic mass is 32.1. The van der Waals surface area contributed by atoms with E-state index in [-0.39, 0.29) is 21.9 Å². The van der Waals surface area contributed by atoms with Gasteiger partial charge in [0.2, 0.25) is 0 Å². The van der Waals surface area contributed by atoms with Crippen LogP contribution in [0.15, 0.2) is 69.2 Å². The number of para-hydroxylation sites is 1. The summed E-state index contributed by atoms with van der Waals surface area (Å²) in [5.74, 6) is -0.532. The van der Waals surface area contributed by atoms with Crippen LogP contribution in [0.3, 0.4) is 0 Å². The molecular weight excluding hydrogens is 382 g/mol. The van der Waals surface area contributed by atoms with E-state index in [9.17, 15) is 19.7 Å². The van der Waals surface area contributed by atoms with E-state index in [0.29, 0.717) is 11.3 Å². The van der Waals surface area contributed by atoms with Crippen LogP contribution in [0.25, 0.3) is 22.2 Å². The number of nitro groups is 1. The summed E-state index contributed by atoms with van der Waals surface area (Å²) in [5.41, 5.74) is 0.563. The highest BCUT2D eigenvalue weighted by Crippen LogP contribution is 2.26. The lowest BCUT2D eigenvalue weighted by molar-refractivity contribution is -0.384. The molecule has 0 saturated heterocycles. The molecule has 0 atom stereocenters. The SMILES string of the molecule is O=C(Nc1nc(-c2cc3ccccc3oc2=O)cs1)c1cccc([N+](=O)[O-])c1.